The molecule has 20 heavy (non-hydrogen) atoms. The van der Waals surface area contributed by atoms with Crippen LogP contribution >= 0.6 is 0 Å². The minimum Gasteiger partial charge on any atom is -0.362 e. The highest BCUT2D eigenvalue weighted by atomic mass is 19.2. The quantitative estimate of drug-likeness (QED) is 0.522. The molecule has 0 radical (unpaired) electrons. The van der Waals surface area contributed by atoms with Crippen LogP contribution in [0.4, 0.5) is 27.6 Å². The van der Waals surface area contributed by atoms with Gasteiger partial charge >= 0.3 is 0 Å². The van der Waals surface area contributed by atoms with Crippen LogP contribution in [-0.4, -0.2) is 25.7 Å². The van der Waals surface area contributed by atoms with Gasteiger partial charge in [-0.2, -0.15) is 0 Å². The van der Waals surface area contributed by atoms with E-state index >= 15 is 0 Å². The molecule has 1 N–H and O–H groups in total. The average Bonchev–Trinajstić information content (AvgIpc) is 2.96. The van der Waals surface area contributed by atoms with E-state index in [1.54, 1.807) is 6.92 Å². The Bertz CT molecular complexity index is 471. The molecular formula is C13H15F5N2. The van der Waals surface area contributed by atoms with Gasteiger partial charge in [-0.25, -0.2) is 22.0 Å². The molecule has 0 bridgehead atoms. The maximum absolute atomic E-state index is 13.8. The third kappa shape index (κ3) is 2.46. The van der Waals surface area contributed by atoms with Crippen molar-refractivity contribution in [3.05, 3.63) is 29.1 Å². The van der Waals surface area contributed by atoms with E-state index in [1.165, 1.54) is 4.90 Å². The maximum atomic E-state index is 13.8. The number of nitrogens with zero attached hydrogens (tertiary/aromatic N) is 1. The normalized spacial score (nSPS) is 18.6. The summed E-state index contributed by atoms with van der Waals surface area (Å²) < 4.78 is 67.3. The molecular weight excluding hydrogens is 279 g/mol. The fraction of sp³-hybridized carbons (Fsp3) is 0.538. The molecule has 0 aromatic heterocycles. The summed E-state index contributed by atoms with van der Waals surface area (Å²) >= 11 is 0. The van der Waals surface area contributed by atoms with E-state index < -0.39 is 34.8 Å². The van der Waals surface area contributed by atoms with E-state index in [4.69, 9.17) is 0 Å². The second kappa shape index (κ2) is 5.95. The first-order valence-electron chi connectivity index (χ1n) is 6.47. The monoisotopic (exact) mass is 294 g/mol. The molecule has 2 nitrogen and oxygen atoms in total. The van der Waals surface area contributed by atoms with Crippen LogP contribution in [0, 0.1) is 29.1 Å². The Morgan fingerprint density at radius 3 is 2.00 bits per heavy atom. The van der Waals surface area contributed by atoms with Crippen molar-refractivity contribution in [2.75, 3.05) is 24.5 Å². The zero-order valence-electron chi connectivity index (χ0n) is 10.9. The molecule has 1 fully saturated rings. The fourth-order valence-corrected chi connectivity index (χ4v) is 2.47. The van der Waals surface area contributed by atoms with E-state index in [0.717, 1.165) is 0 Å². The Morgan fingerprint density at radius 1 is 1.00 bits per heavy atom. The molecule has 1 atom stereocenters. The predicted molar refractivity (Wildman–Crippen MR) is 65.1 cm³/mol. The van der Waals surface area contributed by atoms with Gasteiger partial charge in [0, 0.05) is 19.1 Å². The summed E-state index contributed by atoms with van der Waals surface area (Å²) in [5.74, 6) is -9.44. The Morgan fingerprint density at radius 2 is 1.55 bits per heavy atom. The van der Waals surface area contributed by atoms with Gasteiger partial charge in [-0.15, -0.1) is 0 Å². The molecule has 1 heterocycles. The molecule has 7 heteroatoms. The molecule has 1 saturated heterocycles. The van der Waals surface area contributed by atoms with Crippen molar-refractivity contribution in [2.24, 2.45) is 0 Å². The van der Waals surface area contributed by atoms with Crippen LogP contribution in [0.5, 0.6) is 0 Å². The summed E-state index contributed by atoms with van der Waals surface area (Å²) in [7, 11) is 0. The first-order valence-corrected chi connectivity index (χ1v) is 6.47. The molecule has 1 unspecified atom stereocenters. The van der Waals surface area contributed by atoms with Crippen molar-refractivity contribution >= 4 is 5.69 Å². The molecule has 0 amide bonds. The van der Waals surface area contributed by atoms with E-state index in [1.807, 2.05) is 0 Å². The maximum Gasteiger partial charge on any atom is 0.200 e. The number of rotatable bonds is 4. The Labute approximate surface area is 113 Å². The van der Waals surface area contributed by atoms with E-state index in [0.29, 0.717) is 25.9 Å². The van der Waals surface area contributed by atoms with Crippen molar-refractivity contribution in [3.63, 3.8) is 0 Å². The molecule has 1 aromatic rings. The second-order valence-electron chi connectivity index (χ2n) is 4.76. The molecule has 0 aliphatic carbocycles. The summed E-state index contributed by atoms with van der Waals surface area (Å²) in [6.45, 7) is 3.12. The Kier molecular flexibility index (Phi) is 4.47. The molecule has 2 rings (SSSR count). The molecule has 1 aliphatic rings. The molecule has 1 aliphatic heterocycles. The second-order valence-corrected chi connectivity index (χ2v) is 4.76. The Hall–Kier alpha value is -1.37. The topological polar surface area (TPSA) is 15.3 Å². The highest BCUT2D eigenvalue weighted by Gasteiger charge is 2.32. The van der Waals surface area contributed by atoms with E-state index in [2.05, 4.69) is 5.32 Å². The lowest BCUT2D eigenvalue weighted by Gasteiger charge is -2.31. The van der Waals surface area contributed by atoms with Gasteiger partial charge in [0.25, 0.3) is 0 Å². The van der Waals surface area contributed by atoms with Gasteiger partial charge in [0.1, 0.15) is 5.69 Å². The average molecular weight is 294 g/mol. The van der Waals surface area contributed by atoms with Crippen molar-refractivity contribution in [2.45, 2.75) is 25.8 Å². The lowest BCUT2D eigenvalue weighted by atomic mass is 10.1. The number of benzene rings is 1. The van der Waals surface area contributed by atoms with Crippen LogP contribution in [0.25, 0.3) is 0 Å². The number of anilines is 1. The predicted octanol–water partition coefficient (Wildman–Crippen LogP) is 2.96. The standard InChI is InChI=1S/C13H15F5N2/c1-2-5-20(7-3-4-19-6-7)13-11(17)9(15)8(14)10(16)12(13)18/h7,19H,2-6H2,1H3. The van der Waals surface area contributed by atoms with Crippen LogP contribution in [0.1, 0.15) is 19.8 Å². The minimum absolute atomic E-state index is 0.227. The van der Waals surface area contributed by atoms with Gasteiger partial charge in [-0.05, 0) is 19.4 Å². The number of hydrogen-bond acceptors (Lipinski definition) is 2. The number of halogens is 5. The van der Waals surface area contributed by atoms with Crippen molar-refractivity contribution < 1.29 is 22.0 Å². The molecule has 112 valence electrons. The van der Waals surface area contributed by atoms with Crippen LogP contribution in [0.3, 0.4) is 0 Å². The zero-order valence-corrected chi connectivity index (χ0v) is 10.9. The summed E-state index contributed by atoms with van der Waals surface area (Å²) in [5, 5.41) is 3.01. The van der Waals surface area contributed by atoms with Crippen molar-refractivity contribution in [3.8, 4) is 0 Å². The summed E-state index contributed by atoms with van der Waals surface area (Å²) in [5.41, 5.74) is -0.822. The van der Waals surface area contributed by atoms with Crippen LogP contribution in [0.2, 0.25) is 0 Å². The number of nitrogens with one attached hydrogen (secondary N) is 1. The highest BCUT2D eigenvalue weighted by Crippen LogP contribution is 2.32. The first-order chi connectivity index (χ1) is 9.49. The first kappa shape index (κ1) is 15.0. The number of hydrogen-bond donors (Lipinski definition) is 1. The molecule has 0 spiro atoms. The third-order valence-corrected chi connectivity index (χ3v) is 3.41. The zero-order chi connectivity index (χ0) is 14.9. The van der Waals surface area contributed by atoms with Gasteiger partial charge in [-0.1, -0.05) is 6.92 Å². The Balaban J connectivity index is 2.52. The van der Waals surface area contributed by atoms with Crippen molar-refractivity contribution in [1.29, 1.82) is 0 Å². The van der Waals surface area contributed by atoms with Gasteiger partial charge in [0.05, 0.1) is 0 Å². The van der Waals surface area contributed by atoms with E-state index in [9.17, 15) is 22.0 Å². The van der Waals surface area contributed by atoms with Gasteiger partial charge in [0.15, 0.2) is 23.3 Å². The van der Waals surface area contributed by atoms with Crippen LogP contribution in [0.15, 0.2) is 0 Å². The summed E-state index contributed by atoms with van der Waals surface area (Å²) in [6.07, 6.45) is 1.13. The SMILES string of the molecule is CCCN(c1c(F)c(F)c(F)c(F)c1F)C1CCNC1. The van der Waals surface area contributed by atoms with Gasteiger partial charge in [0.2, 0.25) is 5.82 Å². The molecule has 1 aromatic carbocycles. The van der Waals surface area contributed by atoms with Gasteiger partial charge < -0.3 is 10.2 Å². The largest absolute Gasteiger partial charge is 0.362 e. The van der Waals surface area contributed by atoms with E-state index in [-0.39, 0.29) is 12.6 Å². The lowest BCUT2D eigenvalue weighted by Crippen LogP contribution is -2.39. The van der Waals surface area contributed by atoms with Crippen molar-refractivity contribution in [1.82, 2.24) is 5.32 Å². The third-order valence-electron chi connectivity index (χ3n) is 3.41. The lowest BCUT2D eigenvalue weighted by molar-refractivity contribution is 0.376. The van der Waals surface area contributed by atoms with Crippen LogP contribution in [-0.2, 0) is 0 Å². The van der Waals surface area contributed by atoms with Crippen LogP contribution < -0.4 is 10.2 Å². The summed E-state index contributed by atoms with van der Waals surface area (Å²) in [4.78, 5) is 1.27. The minimum atomic E-state index is -2.12. The smallest absolute Gasteiger partial charge is 0.200 e. The summed E-state index contributed by atoms with van der Waals surface area (Å²) in [6, 6.07) is -0.275. The molecule has 0 saturated carbocycles. The van der Waals surface area contributed by atoms with Gasteiger partial charge in [-0.3, -0.25) is 0 Å². The highest BCUT2D eigenvalue weighted by molar-refractivity contribution is 5.51. The fourth-order valence-electron chi connectivity index (χ4n) is 2.47.